The summed E-state index contributed by atoms with van der Waals surface area (Å²) in [5.74, 6) is -0.143. The van der Waals surface area contributed by atoms with E-state index in [0.29, 0.717) is 15.2 Å². The Morgan fingerprint density at radius 3 is 2.82 bits per heavy atom. The number of amides is 1. The van der Waals surface area contributed by atoms with Crippen LogP contribution in [0.5, 0.6) is 0 Å². The number of rotatable bonds is 3. The van der Waals surface area contributed by atoms with Gasteiger partial charge in [-0.05, 0) is 36.2 Å². The summed E-state index contributed by atoms with van der Waals surface area (Å²) in [6.45, 7) is 1.95. The molecule has 0 saturated carbocycles. The Hall–Kier alpha value is -1.62. The number of fused-ring (bicyclic) bond motifs is 1. The van der Waals surface area contributed by atoms with Crippen LogP contribution in [0.3, 0.4) is 0 Å². The van der Waals surface area contributed by atoms with Crippen molar-refractivity contribution in [1.82, 2.24) is 4.98 Å². The van der Waals surface area contributed by atoms with Gasteiger partial charge in [0, 0.05) is 10.0 Å². The Kier molecular flexibility index (Phi) is 4.34. The molecule has 3 aromatic rings. The molecule has 6 heteroatoms. The minimum Gasteiger partial charge on any atom is -0.302 e. The van der Waals surface area contributed by atoms with E-state index in [0.717, 1.165) is 21.3 Å². The molecule has 1 N–H and O–H groups in total. The Balaban J connectivity index is 1.80. The topological polar surface area (TPSA) is 42.0 Å². The summed E-state index contributed by atoms with van der Waals surface area (Å²) < 4.78 is 0.957. The number of aromatic nitrogens is 1. The fraction of sp³-hybridized carbons (Fsp3) is 0.125. The third-order valence-electron chi connectivity index (χ3n) is 3.21. The molecule has 0 radical (unpaired) electrons. The van der Waals surface area contributed by atoms with Crippen LogP contribution >= 0.6 is 34.5 Å². The minimum absolute atomic E-state index is 0.143. The SMILES string of the molecule is Cc1cc(Cl)cc2sc(NC(=O)Cc3ccccc3Cl)nc12. The Labute approximate surface area is 141 Å². The highest BCUT2D eigenvalue weighted by atomic mass is 35.5. The number of carbonyl (C=O) groups excluding carboxylic acids is 1. The smallest absolute Gasteiger partial charge is 0.230 e. The molecule has 3 nitrogen and oxygen atoms in total. The third-order valence-corrected chi connectivity index (χ3v) is 4.71. The lowest BCUT2D eigenvalue weighted by Gasteiger charge is -2.03. The number of nitrogens with zero attached hydrogens (tertiary/aromatic N) is 1. The van der Waals surface area contributed by atoms with E-state index in [9.17, 15) is 4.79 Å². The summed E-state index contributed by atoms with van der Waals surface area (Å²) in [6, 6.07) is 11.0. The molecule has 0 spiro atoms. The monoisotopic (exact) mass is 350 g/mol. The summed E-state index contributed by atoms with van der Waals surface area (Å²) >= 11 is 13.5. The zero-order chi connectivity index (χ0) is 15.7. The van der Waals surface area contributed by atoms with Gasteiger partial charge in [0.2, 0.25) is 5.91 Å². The van der Waals surface area contributed by atoms with Crippen molar-refractivity contribution in [2.24, 2.45) is 0 Å². The van der Waals surface area contributed by atoms with Gasteiger partial charge in [0.15, 0.2) is 5.13 Å². The first-order valence-corrected chi connectivity index (χ1v) is 8.20. The van der Waals surface area contributed by atoms with Crippen molar-refractivity contribution in [2.45, 2.75) is 13.3 Å². The van der Waals surface area contributed by atoms with Gasteiger partial charge in [-0.1, -0.05) is 52.7 Å². The highest BCUT2D eigenvalue weighted by Gasteiger charge is 2.11. The number of anilines is 1. The molecule has 22 heavy (non-hydrogen) atoms. The lowest BCUT2D eigenvalue weighted by Crippen LogP contribution is -2.14. The van der Waals surface area contributed by atoms with Crippen molar-refractivity contribution in [1.29, 1.82) is 0 Å². The van der Waals surface area contributed by atoms with E-state index in [4.69, 9.17) is 23.2 Å². The van der Waals surface area contributed by atoms with Gasteiger partial charge in [0.1, 0.15) is 0 Å². The number of hydrogen-bond donors (Lipinski definition) is 1. The molecule has 3 rings (SSSR count). The maximum absolute atomic E-state index is 12.1. The molecular formula is C16H12Cl2N2OS. The summed E-state index contributed by atoms with van der Waals surface area (Å²) in [5, 5.41) is 4.64. The predicted octanol–water partition coefficient (Wildman–Crippen LogP) is 5.09. The van der Waals surface area contributed by atoms with Crippen LogP contribution in [0, 0.1) is 6.92 Å². The Morgan fingerprint density at radius 1 is 1.27 bits per heavy atom. The van der Waals surface area contributed by atoms with Gasteiger partial charge in [-0.3, -0.25) is 4.79 Å². The lowest BCUT2D eigenvalue weighted by atomic mass is 10.1. The van der Waals surface area contributed by atoms with E-state index in [1.165, 1.54) is 11.3 Å². The molecular weight excluding hydrogens is 339 g/mol. The Bertz CT molecular complexity index is 860. The van der Waals surface area contributed by atoms with Gasteiger partial charge in [-0.15, -0.1) is 0 Å². The lowest BCUT2D eigenvalue weighted by molar-refractivity contribution is -0.115. The second kappa shape index (κ2) is 6.24. The molecule has 0 unspecified atom stereocenters. The van der Waals surface area contributed by atoms with Crippen LogP contribution in [0.4, 0.5) is 5.13 Å². The van der Waals surface area contributed by atoms with Crippen LogP contribution in [-0.4, -0.2) is 10.9 Å². The van der Waals surface area contributed by atoms with Gasteiger partial charge in [-0.2, -0.15) is 0 Å². The van der Waals surface area contributed by atoms with Crippen LogP contribution in [-0.2, 0) is 11.2 Å². The standard InChI is InChI=1S/C16H12Cl2N2OS/c1-9-6-11(17)8-13-15(9)20-16(22-13)19-14(21)7-10-4-2-3-5-12(10)18/h2-6,8H,7H2,1H3,(H,19,20,21). The molecule has 0 atom stereocenters. The quantitative estimate of drug-likeness (QED) is 0.714. The van der Waals surface area contributed by atoms with E-state index in [1.54, 1.807) is 6.07 Å². The molecule has 0 aliphatic heterocycles. The number of benzene rings is 2. The van der Waals surface area contributed by atoms with Crippen molar-refractivity contribution < 1.29 is 4.79 Å². The molecule has 0 fully saturated rings. The first kappa shape index (κ1) is 15.3. The first-order chi connectivity index (χ1) is 10.5. The van der Waals surface area contributed by atoms with Crippen LogP contribution < -0.4 is 5.32 Å². The third kappa shape index (κ3) is 3.24. The molecule has 0 aliphatic rings. The Morgan fingerprint density at radius 2 is 2.05 bits per heavy atom. The van der Waals surface area contributed by atoms with E-state index >= 15 is 0 Å². The van der Waals surface area contributed by atoms with Crippen LogP contribution in [0.25, 0.3) is 10.2 Å². The average Bonchev–Trinajstić information content (AvgIpc) is 2.84. The molecule has 0 bridgehead atoms. The number of nitrogens with one attached hydrogen (secondary N) is 1. The van der Waals surface area contributed by atoms with Crippen molar-refractivity contribution in [3.8, 4) is 0 Å². The number of aryl methyl sites for hydroxylation is 1. The zero-order valence-electron chi connectivity index (χ0n) is 11.7. The summed E-state index contributed by atoms with van der Waals surface area (Å²) in [5.41, 5.74) is 2.65. The van der Waals surface area contributed by atoms with Gasteiger partial charge in [0.25, 0.3) is 0 Å². The largest absolute Gasteiger partial charge is 0.302 e. The van der Waals surface area contributed by atoms with E-state index in [-0.39, 0.29) is 12.3 Å². The highest BCUT2D eigenvalue weighted by molar-refractivity contribution is 7.22. The fourth-order valence-corrected chi connectivity index (χ4v) is 3.73. The second-order valence-corrected chi connectivity index (χ2v) is 6.78. The molecule has 1 aromatic heterocycles. The minimum atomic E-state index is -0.143. The molecule has 1 amide bonds. The van der Waals surface area contributed by atoms with E-state index < -0.39 is 0 Å². The summed E-state index contributed by atoms with van der Waals surface area (Å²) in [4.78, 5) is 16.6. The van der Waals surface area contributed by atoms with Gasteiger partial charge in [0.05, 0.1) is 16.6 Å². The van der Waals surface area contributed by atoms with Crippen molar-refractivity contribution in [3.05, 3.63) is 57.6 Å². The van der Waals surface area contributed by atoms with Crippen molar-refractivity contribution in [3.63, 3.8) is 0 Å². The normalized spacial score (nSPS) is 10.9. The van der Waals surface area contributed by atoms with Gasteiger partial charge >= 0.3 is 0 Å². The predicted molar refractivity (Wildman–Crippen MR) is 93.2 cm³/mol. The van der Waals surface area contributed by atoms with E-state index in [2.05, 4.69) is 10.3 Å². The van der Waals surface area contributed by atoms with Crippen LogP contribution in [0.2, 0.25) is 10.0 Å². The zero-order valence-corrected chi connectivity index (χ0v) is 14.0. The van der Waals surface area contributed by atoms with Crippen molar-refractivity contribution >= 4 is 55.8 Å². The van der Waals surface area contributed by atoms with E-state index in [1.807, 2.05) is 37.3 Å². The molecule has 0 saturated heterocycles. The molecule has 0 aliphatic carbocycles. The first-order valence-electron chi connectivity index (χ1n) is 6.63. The maximum atomic E-state index is 12.1. The summed E-state index contributed by atoms with van der Waals surface area (Å²) in [6.07, 6.45) is 0.218. The average molecular weight is 351 g/mol. The maximum Gasteiger partial charge on any atom is 0.230 e. The van der Waals surface area contributed by atoms with Crippen molar-refractivity contribution in [2.75, 3.05) is 5.32 Å². The molecule has 112 valence electrons. The molecule has 2 aromatic carbocycles. The number of thiazole rings is 1. The van der Waals surface area contributed by atoms with Gasteiger partial charge in [-0.25, -0.2) is 4.98 Å². The summed E-state index contributed by atoms with van der Waals surface area (Å²) in [7, 11) is 0. The molecule has 1 heterocycles. The number of halogens is 2. The number of hydrogen-bond acceptors (Lipinski definition) is 3. The highest BCUT2D eigenvalue weighted by Crippen LogP contribution is 2.31. The second-order valence-electron chi connectivity index (χ2n) is 4.90. The van der Waals surface area contributed by atoms with Gasteiger partial charge < -0.3 is 5.32 Å². The van der Waals surface area contributed by atoms with Crippen LogP contribution in [0.15, 0.2) is 36.4 Å². The van der Waals surface area contributed by atoms with Crippen LogP contribution in [0.1, 0.15) is 11.1 Å². The number of carbonyl (C=O) groups is 1. The fourth-order valence-electron chi connectivity index (χ4n) is 2.19.